The number of aromatic nitrogens is 4. The zero-order valence-corrected chi connectivity index (χ0v) is 13.2. The lowest BCUT2D eigenvalue weighted by molar-refractivity contribution is -0.893. The van der Waals surface area contributed by atoms with Crippen molar-refractivity contribution in [1.82, 2.24) is 20.2 Å². The van der Waals surface area contributed by atoms with Crippen LogP contribution in [0.4, 0.5) is 0 Å². The van der Waals surface area contributed by atoms with Gasteiger partial charge in [-0.1, -0.05) is 30.0 Å². The van der Waals surface area contributed by atoms with E-state index < -0.39 is 0 Å². The standard InChI is InChI=1S/C15H19N5S/c1-3-20(4-2)9-10-21-15-17-13-11-7-5-6-8-12(11)16-14(13)18-19-15/h5-8H,3-4,9-10H2,1-2H3,(H,16,18)/p+1. The zero-order chi connectivity index (χ0) is 14.7. The van der Waals surface area contributed by atoms with Gasteiger partial charge in [0.2, 0.25) is 5.16 Å². The summed E-state index contributed by atoms with van der Waals surface area (Å²) in [6.45, 7) is 7.90. The van der Waals surface area contributed by atoms with Crippen LogP contribution in [0.25, 0.3) is 22.1 Å². The molecule has 0 fully saturated rings. The quantitative estimate of drug-likeness (QED) is 0.678. The second-order valence-electron chi connectivity index (χ2n) is 5.02. The molecule has 2 heterocycles. The number of nitrogens with one attached hydrogen (secondary N) is 2. The molecule has 0 atom stereocenters. The molecule has 21 heavy (non-hydrogen) atoms. The fourth-order valence-electron chi connectivity index (χ4n) is 2.46. The summed E-state index contributed by atoms with van der Waals surface area (Å²) in [6, 6.07) is 8.13. The Bertz CT molecular complexity index is 735. The number of nitrogens with zero attached hydrogens (tertiary/aromatic N) is 3. The fourth-order valence-corrected chi connectivity index (χ4v) is 3.29. The Morgan fingerprint density at radius 1 is 1.14 bits per heavy atom. The zero-order valence-electron chi connectivity index (χ0n) is 12.4. The van der Waals surface area contributed by atoms with Crippen LogP contribution < -0.4 is 4.90 Å². The monoisotopic (exact) mass is 302 g/mol. The van der Waals surface area contributed by atoms with Crippen LogP contribution in [0, 0.1) is 0 Å². The van der Waals surface area contributed by atoms with Crippen molar-refractivity contribution in [2.45, 2.75) is 19.0 Å². The Hall–Kier alpha value is -1.66. The van der Waals surface area contributed by atoms with E-state index in [9.17, 15) is 0 Å². The van der Waals surface area contributed by atoms with Crippen molar-refractivity contribution < 1.29 is 4.90 Å². The van der Waals surface area contributed by atoms with Crippen LogP contribution >= 0.6 is 11.8 Å². The number of rotatable bonds is 6. The Kier molecular flexibility index (Phi) is 4.36. The van der Waals surface area contributed by atoms with Crippen molar-refractivity contribution >= 4 is 33.8 Å². The molecule has 3 rings (SSSR count). The van der Waals surface area contributed by atoms with Gasteiger partial charge in [0.05, 0.1) is 25.4 Å². The number of thioether (sulfide) groups is 1. The molecule has 5 nitrogen and oxygen atoms in total. The molecule has 0 bridgehead atoms. The molecule has 110 valence electrons. The first-order valence-electron chi connectivity index (χ1n) is 7.39. The van der Waals surface area contributed by atoms with E-state index >= 15 is 0 Å². The van der Waals surface area contributed by atoms with Gasteiger partial charge in [-0.25, -0.2) is 4.98 Å². The maximum absolute atomic E-state index is 4.66. The van der Waals surface area contributed by atoms with Crippen molar-refractivity contribution in [2.24, 2.45) is 0 Å². The number of quaternary nitrogens is 1. The second kappa shape index (κ2) is 6.41. The van der Waals surface area contributed by atoms with Gasteiger partial charge >= 0.3 is 0 Å². The smallest absolute Gasteiger partial charge is 0.210 e. The first-order chi connectivity index (χ1) is 10.3. The number of benzene rings is 1. The summed E-state index contributed by atoms with van der Waals surface area (Å²) in [4.78, 5) is 9.51. The molecular formula is C15H20N5S+. The van der Waals surface area contributed by atoms with E-state index in [1.165, 1.54) is 0 Å². The number of fused-ring (bicyclic) bond motifs is 3. The molecule has 0 aliphatic heterocycles. The van der Waals surface area contributed by atoms with Crippen molar-refractivity contribution in [3.05, 3.63) is 24.3 Å². The number of H-pyrrole nitrogens is 1. The van der Waals surface area contributed by atoms with Crippen molar-refractivity contribution in [2.75, 3.05) is 25.4 Å². The maximum atomic E-state index is 4.66. The van der Waals surface area contributed by atoms with Gasteiger partial charge in [-0.05, 0) is 19.9 Å². The molecular weight excluding hydrogens is 282 g/mol. The van der Waals surface area contributed by atoms with Gasteiger partial charge in [0.1, 0.15) is 5.52 Å². The Morgan fingerprint density at radius 2 is 1.95 bits per heavy atom. The lowest BCUT2D eigenvalue weighted by Gasteiger charge is -2.14. The van der Waals surface area contributed by atoms with Gasteiger partial charge in [0.15, 0.2) is 5.65 Å². The van der Waals surface area contributed by atoms with E-state index in [2.05, 4.69) is 40.1 Å². The van der Waals surface area contributed by atoms with E-state index in [4.69, 9.17) is 0 Å². The Labute approximate surface area is 128 Å². The van der Waals surface area contributed by atoms with E-state index in [-0.39, 0.29) is 0 Å². The molecule has 0 amide bonds. The third-order valence-corrected chi connectivity index (χ3v) is 4.63. The van der Waals surface area contributed by atoms with E-state index in [0.29, 0.717) is 0 Å². The fraction of sp³-hybridized carbons (Fsp3) is 0.400. The predicted octanol–water partition coefficient (Wildman–Crippen LogP) is 1.52. The van der Waals surface area contributed by atoms with Gasteiger partial charge in [-0.3, -0.25) is 0 Å². The first-order valence-corrected chi connectivity index (χ1v) is 8.38. The molecule has 2 aromatic heterocycles. The molecule has 0 radical (unpaired) electrons. The number of aromatic amines is 1. The van der Waals surface area contributed by atoms with Crippen LogP contribution in [-0.4, -0.2) is 45.6 Å². The molecule has 1 aromatic carbocycles. The molecule has 6 heteroatoms. The highest BCUT2D eigenvalue weighted by Gasteiger charge is 2.10. The maximum Gasteiger partial charge on any atom is 0.210 e. The molecule has 0 aliphatic rings. The molecule has 0 saturated heterocycles. The van der Waals surface area contributed by atoms with Crippen LogP contribution in [0.5, 0.6) is 0 Å². The van der Waals surface area contributed by atoms with Gasteiger partial charge in [0, 0.05) is 10.9 Å². The average molecular weight is 302 g/mol. The van der Waals surface area contributed by atoms with E-state index in [1.807, 2.05) is 18.2 Å². The third-order valence-electron chi connectivity index (χ3n) is 3.79. The van der Waals surface area contributed by atoms with Gasteiger partial charge in [0.25, 0.3) is 0 Å². The summed E-state index contributed by atoms with van der Waals surface area (Å²) in [5.74, 6) is 1.02. The lowest BCUT2D eigenvalue weighted by atomic mass is 10.2. The van der Waals surface area contributed by atoms with E-state index in [1.54, 1.807) is 16.7 Å². The summed E-state index contributed by atoms with van der Waals surface area (Å²) < 4.78 is 0. The topological polar surface area (TPSA) is 58.9 Å². The Balaban J connectivity index is 1.79. The average Bonchev–Trinajstić information content (AvgIpc) is 2.90. The molecule has 2 N–H and O–H groups in total. The summed E-state index contributed by atoms with van der Waals surface area (Å²) in [7, 11) is 0. The van der Waals surface area contributed by atoms with Crippen LogP contribution in [0.3, 0.4) is 0 Å². The minimum atomic E-state index is 0.759. The van der Waals surface area contributed by atoms with Crippen molar-refractivity contribution in [3.8, 4) is 0 Å². The van der Waals surface area contributed by atoms with Gasteiger partial charge in [-0.2, -0.15) is 0 Å². The highest BCUT2D eigenvalue weighted by Crippen LogP contribution is 2.23. The highest BCUT2D eigenvalue weighted by molar-refractivity contribution is 7.99. The number of para-hydroxylation sites is 1. The van der Waals surface area contributed by atoms with Gasteiger partial charge < -0.3 is 9.88 Å². The first kappa shape index (κ1) is 14.3. The van der Waals surface area contributed by atoms with Crippen molar-refractivity contribution in [1.29, 1.82) is 0 Å². The summed E-state index contributed by atoms with van der Waals surface area (Å²) in [6.07, 6.45) is 0. The van der Waals surface area contributed by atoms with Crippen LogP contribution in [0.2, 0.25) is 0 Å². The molecule has 0 aliphatic carbocycles. The van der Waals surface area contributed by atoms with Gasteiger partial charge in [-0.15, -0.1) is 10.2 Å². The molecule has 3 aromatic rings. The SMILES string of the molecule is CC[NH+](CC)CCSc1nnc2[nH]c3ccccc3c2n1. The number of hydrogen-bond donors (Lipinski definition) is 2. The van der Waals surface area contributed by atoms with Crippen molar-refractivity contribution in [3.63, 3.8) is 0 Å². The Morgan fingerprint density at radius 3 is 2.76 bits per heavy atom. The minimum absolute atomic E-state index is 0.759. The lowest BCUT2D eigenvalue weighted by Crippen LogP contribution is -3.11. The molecule has 0 saturated carbocycles. The third kappa shape index (κ3) is 3.01. The van der Waals surface area contributed by atoms with Crippen LogP contribution in [0.1, 0.15) is 13.8 Å². The van der Waals surface area contributed by atoms with Crippen LogP contribution in [0.15, 0.2) is 29.4 Å². The van der Waals surface area contributed by atoms with Crippen LogP contribution in [-0.2, 0) is 0 Å². The predicted molar refractivity (Wildman–Crippen MR) is 86.8 cm³/mol. The molecule has 0 spiro atoms. The summed E-state index contributed by atoms with van der Waals surface area (Å²) in [5, 5.41) is 10.3. The highest BCUT2D eigenvalue weighted by atomic mass is 32.2. The second-order valence-corrected chi connectivity index (χ2v) is 6.08. The summed E-state index contributed by atoms with van der Waals surface area (Å²) in [5.41, 5.74) is 2.73. The summed E-state index contributed by atoms with van der Waals surface area (Å²) >= 11 is 1.69. The minimum Gasteiger partial charge on any atom is -0.336 e. The largest absolute Gasteiger partial charge is 0.336 e. The molecule has 0 unspecified atom stereocenters. The normalized spacial score (nSPS) is 11.8. The number of hydrogen-bond acceptors (Lipinski definition) is 4. The van der Waals surface area contributed by atoms with E-state index in [0.717, 1.165) is 52.6 Å².